The molecule has 0 bridgehead atoms. The van der Waals surface area contributed by atoms with Gasteiger partial charge in [-0.15, -0.1) is 0 Å². The lowest BCUT2D eigenvalue weighted by molar-refractivity contribution is 0.415. The largest absolute Gasteiger partial charge is 0.497 e. The molecule has 1 aromatic carbocycles. The number of rotatable bonds is 4. The Morgan fingerprint density at radius 3 is 2.83 bits per heavy atom. The number of nitrogens with one attached hydrogen (secondary N) is 2. The molecule has 94 valence electrons. The van der Waals surface area contributed by atoms with Crippen LogP contribution < -0.4 is 15.4 Å². The lowest BCUT2D eigenvalue weighted by atomic mass is 10.3. The minimum Gasteiger partial charge on any atom is -0.497 e. The number of ether oxygens (including phenoxy) is 1. The average Bonchev–Trinajstić information content (AvgIpc) is 2.41. The average molecular weight is 309 g/mol. The van der Waals surface area contributed by atoms with Crippen LogP contribution in [0.3, 0.4) is 0 Å². The first-order chi connectivity index (χ1) is 8.72. The van der Waals surface area contributed by atoms with Gasteiger partial charge >= 0.3 is 0 Å². The second kappa shape index (κ2) is 5.68. The Labute approximate surface area is 114 Å². The second-order valence-electron chi connectivity index (χ2n) is 3.49. The van der Waals surface area contributed by atoms with E-state index in [4.69, 9.17) is 4.74 Å². The molecule has 6 heteroatoms. The van der Waals surface area contributed by atoms with E-state index < -0.39 is 0 Å². The van der Waals surface area contributed by atoms with Crippen molar-refractivity contribution >= 4 is 33.4 Å². The summed E-state index contributed by atoms with van der Waals surface area (Å²) in [6, 6.07) is 7.49. The van der Waals surface area contributed by atoms with Crippen LogP contribution in [0.1, 0.15) is 0 Å². The van der Waals surface area contributed by atoms with Gasteiger partial charge in [0.1, 0.15) is 11.6 Å². The summed E-state index contributed by atoms with van der Waals surface area (Å²) in [6.45, 7) is 0. The maximum absolute atomic E-state index is 5.19. The quantitative estimate of drug-likeness (QED) is 0.909. The van der Waals surface area contributed by atoms with E-state index in [1.54, 1.807) is 26.4 Å². The summed E-state index contributed by atoms with van der Waals surface area (Å²) >= 11 is 3.48. The molecule has 0 saturated carbocycles. The Morgan fingerprint density at radius 1 is 1.28 bits per heavy atom. The van der Waals surface area contributed by atoms with Gasteiger partial charge in [-0.1, -0.05) is 0 Å². The SMILES string of the molecule is CNc1nccc(Nc2cc(OC)ccc2Br)n1. The molecule has 18 heavy (non-hydrogen) atoms. The van der Waals surface area contributed by atoms with Crippen molar-refractivity contribution in [3.63, 3.8) is 0 Å². The highest BCUT2D eigenvalue weighted by atomic mass is 79.9. The summed E-state index contributed by atoms with van der Waals surface area (Å²) in [5.74, 6) is 2.06. The van der Waals surface area contributed by atoms with Gasteiger partial charge in [0, 0.05) is 23.8 Å². The van der Waals surface area contributed by atoms with Gasteiger partial charge in [-0.25, -0.2) is 4.98 Å². The molecule has 0 aliphatic heterocycles. The van der Waals surface area contributed by atoms with Crippen molar-refractivity contribution in [3.8, 4) is 5.75 Å². The second-order valence-corrected chi connectivity index (χ2v) is 4.34. The lowest BCUT2D eigenvalue weighted by Crippen LogP contribution is -2.00. The van der Waals surface area contributed by atoms with Gasteiger partial charge in [-0.05, 0) is 34.1 Å². The topological polar surface area (TPSA) is 59.1 Å². The highest BCUT2D eigenvalue weighted by Gasteiger charge is 2.04. The van der Waals surface area contributed by atoms with Crippen LogP contribution in [-0.2, 0) is 0 Å². The van der Waals surface area contributed by atoms with E-state index in [0.717, 1.165) is 15.9 Å². The molecule has 2 aromatic rings. The summed E-state index contributed by atoms with van der Waals surface area (Å²) in [7, 11) is 3.41. The van der Waals surface area contributed by atoms with Crippen molar-refractivity contribution in [1.29, 1.82) is 0 Å². The van der Waals surface area contributed by atoms with Gasteiger partial charge in [0.2, 0.25) is 5.95 Å². The number of hydrogen-bond donors (Lipinski definition) is 2. The normalized spacial score (nSPS) is 9.94. The van der Waals surface area contributed by atoms with Gasteiger partial charge in [0.15, 0.2) is 0 Å². The van der Waals surface area contributed by atoms with Crippen LogP contribution in [0.5, 0.6) is 5.75 Å². The van der Waals surface area contributed by atoms with Gasteiger partial charge < -0.3 is 15.4 Å². The number of anilines is 3. The van der Waals surface area contributed by atoms with Crippen molar-refractivity contribution in [2.75, 3.05) is 24.8 Å². The highest BCUT2D eigenvalue weighted by Crippen LogP contribution is 2.29. The Bertz CT molecular complexity index is 547. The van der Waals surface area contributed by atoms with E-state index in [-0.39, 0.29) is 0 Å². The van der Waals surface area contributed by atoms with Gasteiger partial charge in [-0.2, -0.15) is 4.98 Å². The first kappa shape index (κ1) is 12.6. The van der Waals surface area contributed by atoms with Crippen molar-refractivity contribution < 1.29 is 4.74 Å². The number of benzene rings is 1. The standard InChI is InChI=1S/C12H13BrN4O/c1-14-12-15-6-5-11(17-12)16-10-7-8(18-2)3-4-9(10)13/h3-7H,1-2H3,(H2,14,15,16,17). The molecule has 0 radical (unpaired) electrons. The van der Waals surface area contributed by atoms with Crippen molar-refractivity contribution in [3.05, 3.63) is 34.9 Å². The molecule has 0 atom stereocenters. The first-order valence-electron chi connectivity index (χ1n) is 5.34. The maximum atomic E-state index is 5.19. The number of aromatic nitrogens is 2. The van der Waals surface area contributed by atoms with E-state index in [9.17, 15) is 0 Å². The summed E-state index contributed by atoms with van der Waals surface area (Å²) in [5, 5.41) is 6.10. The van der Waals surface area contributed by atoms with Crippen LogP contribution in [-0.4, -0.2) is 24.1 Å². The fraction of sp³-hybridized carbons (Fsp3) is 0.167. The highest BCUT2D eigenvalue weighted by molar-refractivity contribution is 9.10. The van der Waals surface area contributed by atoms with Gasteiger partial charge in [0.25, 0.3) is 0 Å². The van der Waals surface area contributed by atoms with E-state index in [0.29, 0.717) is 11.8 Å². The first-order valence-corrected chi connectivity index (χ1v) is 6.13. The smallest absolute Gasteiger partial charge is 0.224 e. The molecule has 1 heterocycles. The molecule has 5 nitrogen and oxygen atoms in total. The fourth-order valence-electron chi connectivity index (χ4n) is 1.41. The van der Waals surface area contributed by atoms with Gasteiger partial charge in [-0.3, -0.25) is 0 Å². The van der Waals surface area contributed by atoms with E-state index >= 15 is 0 Å². The molecular weight excluding hydrogens is 296 g/mol. The minimum atomic E-state index is 0.569. The number of methoxy groups -OCH3 is 1. The molecule has 0 spiro atoms. The third-order valence-corrected chi connectivity index (χ3v) is 3.01. The summed E-state index contributed by atoms with van der Waals surface area (Å²) in [5.41, 5.74) is 0.884. The molecule has 0 unspecified atom stereocenters. The Kier molecular flexibility index (Phi) is 3.99. The zero-order chi connectivity index (χ0) is 13.0. The third-order valence-electron chi connectivity index (χ3n) is 2.32. The number of nitrogens with zero attached hydrogens (tertiary/aromatic N) is 2. The molecular formula is C12H13BrN4O. The minimum absolute atomic E-state index is 0.569. The van der Waals surface area contributed by atoms with E-state index in [2.05, 4.69) is 36.5 Å². The third kappa shape index (κ3) is 2.89. The molecule has 2 rings (SSSR count). The Hall–Kier alpha value is -1.82. The van der Waals surface area contributed by atoms with Crippen LogP contribution in [0.2, 0.25) is 0 Å². The number of halogens is 1. The molecule has 1 aromatic heterocycles. The Balaban J connectivity index is 2.27. The monoisotopic (exact) mass is 308 g/mol. The summed E-state index contributed by atoms with van der Waals surface area (Å²) in [6.07, 6.45) is 1.69. The van der Waals surface area contributed by atoms with Crippen molar-refractivity contribution in [2.24, 2.45) is 0 Å². The Morgan fingerprint density at radius 2 is 2.11 bits per heavy atom. The zero-order valence-corrected chi connectivity index (χ0v) is 11.7. The van der Waals surface area contributed by atoms with E-state index in [1.165, 1.54) is 0 Å². The van der Waals surface area contributed by atoms with Crippen LogP contribution in [0.15, 0.2) is 34.9 Å². The molecule has 0 amide bonds. The summed E-state index contributed by atoms with van der Waals surface area (Å²) in [4.78, 5) is 8.35. The van der Waals surface area contributed by atoms with Crippen LogP contribution in [0.25, 0.3) is 0 Å². The predicted molar refractivity (Wildman–Crippen MR) is 75.6 cm³/mol. The predicted octanol–water partition coefficient (Wildman–Crippen LogP) is 3.03. The molecule has 2 N–H and O–H groups in total. The fourth-order valence-corrected chi connectivity index (χ4v) is 1.76. The van der Waals surface area contributed by atoms with Crippen molar-refractivity contribution in [2.45, 2.75) is 0 Å². The molecule has 0 fully saturated rings. The zero-order valence-electron chi connectivity index (χ0n) is 10.1. The lowest BCUT2D eigenvalue weighted by Gasteiger charge is -2.10. The molecule has 0 aliphatic rings. The molecule has 0 aliphatic carbocycles. The molecule has 0 saturated heterocycles. The van der Waals surface area contributed by atoms with E-state index in [1.807, 2.05) is 18.2 Å². The number of hydrogen-bond acceptors (Lipinski definition) is 5. The maximum Gasteiger partial charge on any atom is 0.224 e. The van der Waals surface area contributed by atoms with Crippen molar-refractivity contribution in [1.82, 2.24) is 9.97 Å². The van der Waals surface area contributed by atoms with Gasteiger partial charge in [0.05, 0.1) is 12.8 Å². The summed E-state index contributed by atoms with van der Waals surface area (Å²) < 4.78 is 6.12. The van der Waals surface area contributed by atoms with Crippen LogP contribution in [0, 0.1) is 0 Å². The van der Waals surface area contributed by atoms with Crippen LogP contribution in [0.4, 0.5) is 17.5 Å². The van der Waals surface area contributed by atoms with Crippen LogP contribution >= 0.6 is 15.9 Å².